The molecule has 1 N–H and O–H groups in total. The highest BCUT2D eigenvalue weighted by Crippen LogP contribution is 2.29. The third-order valence-electron chi connectivity index (χ3n) is 2.95. The van der Waals surface area contributed by atoms with Gasteiger partial charge < -0.3 is 5.32 Å². The molecule has 0 aliphatic rings. The third-order valence-corrected chi connectivity index (χ3v) is 3.81. The first-order chi connectivity index (χ1) is 8.13. The van der Waals surface area contributed by atoms with E-state index in [1.165, 1.54) is 16.0 Å². The monoisotopic (exact) mass is 247 g/mol. The average Bonchev–Trinajstić information content (AvgIpc) is 2.71. The fourth-order valence-electron chi connectivity index (χ4n) is 2.03. The van der Waals surface area contributed by atoms with Gasteiger partial charge in [0.2, 0.25) is 0 Å². The van der Waals surface area contributed by atoms with E-state index in [4.69, 9.17) is 0 Å². The molecule has 2 aromatic heterocycles. The molecule has 0 aliphatic carbocycles. The molecule has 2 rings (SSSR count). The van der Waals surface area contributed by atoms with Crippen molar-refractivity contribution in [1.82, 2.24) is 15.5 Å². The van der Waals surface area contributed by atoms with Gasteiger partial charge in [0.25, 0.3) is 0 Å². The van der Waals surface area contributed by atoms with Crippen LogP contribution in [0.4, 0.5) is 0 Å². The number of aromatic nitrogens is 2. The maximum atomic E-state index is 4.20. The third kappa shape index (κ3) is 2.37. The molecule has 2 aromatic rings. The van der Waals surface area contributed by atoms with Crippen molar-refractivity contribution in [2.24, 2.45) is 0 Å². The highest BCUT2D eigenvalue weighted by atomic mass is 32.1. The SMILES string of the molecule is CNC(c1cc(C)nnc1C)c1ccsc1C. The Kier molecular flexibility index (Phi) is 3.54. The summed E-state index contributed by atoms with van der Waals surface area (Å²) in [4.78, 5) is 1.35. The van der Waals surface area contributed by atoms with Gasteiger partial charge in [-0.2, -0.15) is 10.2 Å². The summed E-state index contributed by atoms with van der Waals surface area (Å²) in [5.74, 6) is 0. The van der Waals surface area contributed by atoms with E-state index in [2.05, 4.69) is 40.0 Å². The van der Waals surface area contributed by atoms with Crippen molar-refractivity contribution >= 4 is 11.3 Å². The lowest BCUT2D eigenvalue weighted by molar-refractivity contribution is 0.674. The highest BCUT2D eigenvalue weighted by molar-refractivity contribution is 7.10. The second-order valence-corrected chi connectivity index (χ2v) is 5.30. The standard InChI is InChI=1S/C13H17N3S/c1-8-7-12(9(2)16-15-8)13(14-4)11-5-6-17-10(11)3/h5-7,13-14H,1-4H3. The Bertz CT molecular complexity index is 519. The Morgan fingerprint density at radius 1 is 1.18 bits per heavy atom. The van der Waals surface area contributed by atoms with Gasteiger partial charge in [0.05, 0.1) is 17.4 Å². The summed E-state index contributed by atoms with van der Waals surface area (Å²) < 4.78 is 0. The van der Waals surface area contributed by atoms with Gasteiger partial charge in [0, 0.05) is 4.88 Å². The molecule has 17 heavy (non-hydrogen) atoms. The number of hydrogen-bond donors (Lipinski definition) is 1. The molecule has 0 saturated carbocycles. The Morgan fingerprint density at radius 2 is 1.94 bits per heavy atom. The zero-order valence-electron chi connectivity index (χ0n) is 10.6. The molecule has 0 fully saturated rings. The summed E-state index contributed by atoms with van der Waals surface area (Å²) in [6.07, 6.45) is 0. The van der Waals surface area contributed by atoms with Crippen LogP contribution in [0.15, 0.2) is 17.5 Å². The van der Waals surface area contributed by atoms with Gasteiger partial charge in [0.1, 0.15) is 0 Å². The molecule has 3 nitrogen and oxygen atoms in total. The number of aryl methyl sites for hydroxylation is 3. The minimum atomic E-state index is 0.204. The zero-order chi connectivity index (χ0) is 12.4. The van der Waals surface area contributed by atoms with Gasteiger partial charge in [0.15, 0.2) is 0 Å². The van der Waals surface area contributed by atoms with Gasteiger partial charge in [-0.25, -0.2) is 0 Å². The van der Waals surface area contributed by atoms with Crippen molar-refractivity contribution in [1.29, 1.82) is 0 Å². The van der Waals surface area contributed by atoms with Crippen LogP contribution in [0.5, 0.6) is 0 Å². The fraction of sp³-hybridized carbons (Fsp3) is 0.385. The summed E-state index contributed by atoms with van der Waals surface area (Å²) in [5.41, 5.74) is 4.48. The summed E-state index contributed by atoms with van der Waals surface area (Å²) in [6, 6.07) is 4.49. The van der Waals surface area contributed by atoms with Crippen LogP contribution in [0.3, 0.4) is 0 Å². The van der Waals surface area contributed by atoms with E-state index in [0.717, 1.165) is 11.4 Å². The van der Waals surface area contributed by atoms with E-state index in [0.29, 0.717) is 0 Å². The van der Waals surface area contributed by atoms with Crippen LogP contribution >= 0.6 is 11.3 Å². The van der Waals surface area contributed by atoms with Crippen LogP contribution in [0, 0.1) is 20.8 Å². The Morgan fingerprint density at radius 3 is 2.53 bits per heavy atom. The van der Waals surface area contributed by atoms with Crippen molar-refractivity contribution in [2.45, 2.75) is 26.8 Å². The van der Waals surface area contributed by atoms with Crippen molar-refractivity contribution in [3.63, 3.8) is 0 Å². The molecule has 0 aliphatic heterocycles. The molecular formula is C13H17N3S. The lowest BCUT2D eigenvalue weighted by Gasteiger charge is -2.18. The minimum Gasteiger partial charge on any atom is -0.309 e. The number of nitrogens with zero attached hydrogens (tertiary/aromatic N) is 2. The van der Waals surface area contributed by atoms with Crippen LogP contribution in [-0.4, -0.2) is 17.2 Å². The lowest BCUT2D eigenvalue weighted by Crippen LogP contribution is -2.19. The van der Waals surface area contributed by atoms with Gasteiger partial charge in [-0.15, -0.1) is 11.3 Å². The average molecular weight is 247 g/mol. The van der Waals surface area contributed by atoms with E-state index < -0.39 is 0 Å². The second kappa shape index (κ2) is 4.94. The van der Waals surface area contributed by atoms with Gasteiger partial charge in [-0.3, -0.25) is 0 Å². The van der Waals surface area contributed by atoms with E-state index in [9.17, 15) is 0 Å². The van der Waals surface area contributed by atoms with Crippen LogP contribution in [0.1, 0.15) is 33.4 Å². The van der Waals surface area contributed by atoms with E-state index in [1.807, 2.05) is 20.9 Å². The second-order valence-electron chi connectivity index (χ2n) is 4.18. The van der Waals surface area contributed by atoms with Crippen molar-refractivity contribution in [3.05, 3.63) is 44.9 Å². The van der Waals surface area contributed by atoms with E-state index in [1.54, 1.807) is 11.3 Å². The van der Waals surface area contributed by atoms with Crippen LogP contribution in [0.25, 0.3) is 0 Å². The normalized spacial score (nSPS) is 12.7. The van der Waals surface area contributed by atoms with Gasteiger partial charge in [-0.1, -0.05) is 0 Å². The summed E-state index contributed by atoms with van der Waals surface area (Å²) >= 11 is 1.78. The van der Waals surface area contributed by atoms with Crippen molar-refractivity contribution < 1.29 is 0 Å². The number of thiophene rings is 1. The largest absolute Gasteiger partial charge is 0.309 e. The first-order valence-electron chi connectivity index (χ1n) is 5.65. The Hall–Kier alpha value is -1.26. The number of nitrogens with one attached hydrogen (secondary N) is 1. The fourth-order valence-corrected chi connectivity index (χ4v) is 2.78. The predicted octanol–water partition coefficient (Wildman–Crippen LogP) is 2.77. The lowest BCUT2D eigenvalue weighted by atomic mass is 9.98. The number of rotatable bonds is 3. The molecule has 0 bridgehead atoms. The molecular weight excluding hydrogens is 230 g/mol. The van der Waals surface area contributed by atoms with Crippen LogP contribution in [0.2, 0.25) is 0 Å². The maximum Gasteiger partial charge on any atom is 0.0651 e. The van der Waals surface area contributed by atoms with Gasteiger partial charge >= 0.3 is 0 Å². The molecule has 1 atom stereocenters. The summed E-state index contributed by atoms with van der Waals surface area (Å²) in [6.45, 7) is 6.14. The van der Waals surface area contributed by atoms with E-state index >= 15 is 0 Å². The number of hydrogen-bond acceptors (Lipinski definition) is 4. The van der Waals surface area contributed by atoms with E-state index in [-0.39, 0.29) is 6.04 Å². The molecule has 0 saturated heterocycles. The van der Waals surface area contributed by atoms with Crippen LogP contribution in [-0.2, 0) is 0 Å². The Balaban J connectivity index is 2.49. The molecule has 1 unspecified atom stereocenters. The summed E-state index contributed by atoms with van der Waals surface area (Å²) in [5, 5.41) is 13.8. The van der Waals surface area contributed by atoms with Crippen LogP contribution < -0.4 is 5.32 Å². The smallest absolute Gasteiger partial charge is 0.0651 e. The molecule has 4 heteroatoms. The molecule has 0 amide bonds. The maximum absolute atomic E-state index is 4.20. The summed E-state index contributed by atoms with van der Waals surface area (Å²) in [7, 11) is 1.98. The van der Waals surface area contributed by atoms with Gasteiger partial charge in [-0.05, 0) is 56.5 Å². The predicted molar refractivity (Wildman–Crippen MR) is 71.5 cm³/mol. The molecule has 90 valence electrons. The molecule has 0 aromatic carbocycles. The Labute approximate surface area is 106 Å². The highest BCUT2D eigenvalue weighted by Gasteiger charge is 2.18. The van der Waals surface area contributed by atoms with Crippen molar-refractivity contribution in [3.8, 4) is 0 Å². The molecule has 2 heterocycles. The topological polar surface area (TPSA) is 37.8 Å². The zero-order valence-corrected chi connectivity index (χ0v) is 11.4. The molecule has 0 radical (unpaired) electrons. The quantitative estimate of drug-likeness (QED) is 0.906. The van der Waals surface area contributed by atoms with Crippen molar-refractivity contribution in [2.75, 3.05) is 7.05 Å². The first-order valence-corrected chi connectivity index (χ1v) is 6.53. The minimum absolute atomic E-state index is 0.204. The molecule has 0 spiro atoms. The first kappa shape index (κ1) is 12.2.